The van der Waals surface area contributed by atoms with E-state index in [1.165, 1.54) is 13.2 Å². The Kier molecular flexibility index (Phi) is 4.49. The first-order valence-corrected chi connectivity index (χ1v) is 5.44. The number of ether oxygens (including phenoxy) is 2. The van der Waals surface area contributed by atoms with Crippen molar-refractivity contribution in [1.29, 1.82) is 0 Å². The number of hydrogen-bond donors (Lipinski definition) is 0. The van der Waals surface area contributed by atoms with Gasteiger partial charge in [0, 0.05) is 10.0 Å². The van der Waals surface area contributed by atoms with Gasteiger partial charge in [-0.25, -0.2) is 4.79 Å². The number of rotatable bonds is 4. The van der Waals surface area contributed by atoms with Crippen LogP contribution in [0.4, 0.5) is 0 Å². The van der Waals surface area contributed by atoms with Crippen molar-refractivity contribution in [1.82, 2.24) is 0 Å². The molecule has 1 aromatic carbocycles. The third kappa shape index (κ3) is 2.82. The summed E-state index contributed by atoms with van der Waals surface area (Å²) >= 11 is 3.20. The van der Waals surface area contributed by atoms with E-state index in [-0.39, 0.29) is 12.2 Å². The lowest BCUT2D eigenvalue weighted by molar-refractivity contribution is -0.137. The van der Waals surface area contributed by atoms with Crippen molar-refractivity contribution in [2.45, 2.75) is 6.92 Å². The molecule has 0 bridgehead atoms. The number of benzene rings is 1. The fraction of sp³-hybridized carbons (Fsp3) is 0.273. The average Bonchev–Trinajstić information content (AvgIpc) is 2.28. The highest BCUT2D eigenvalue weighted by molar-refractivity contribution is 9.10. The molecule has 4 nitrogen and oxygen atoms in total. The van der Waals surface area contributed by atoms with Gasteiger partial charge < -0.3 is 9.47 Å². The first-order valence-electron chi connectivity index (χ1n) is 4.65. The summed E-state index contributed by atoms with van der Waals surface area (Å²) in [5.74, 6) is -0.919. The lowest BCUT2D eigenvalue weighted by atomic mass is 10.1. The molecule has 0 aliphatic carbocycles. The standard InChI is InChI=1S/C11H11BrO4/c1-3-16-11(14)10(13)8-5-4-7(15-2)6-9(8)12/h4-6H,3H2,1-2H3. The molecule has 86 valence electrons. The number of esters is 1. The minimum absolute atomic E-state index is 0.179. The SMILES string of the molecule is CCOC(=O)C(=O)c1ccc(OC)cc1Br. The Labute approximate surface area is 102 Å². The first-order chi connectivity index (χ1) is 7.60. The summed E-state index contributed by atoms with van der Waals surface area (Å²) in [6.45, 7) is 1.83. The summed E-state index contributed by atoms with van der Waals surface area (Å²) in [4.78, 5) is 22.8. The fourth-order valence-electron chi connectivity index (χ4n) is 1.11. The van der Waals surface area contributed by atoms with Gasteiger partial charge in [-0.3, -0.25) is 4.79 Å². The maximum absolute atomic E-state index is 11.6. The van der Waals surface area contributed by atoms with Gasteiger partial charge in [0.15, 0.2) is 0 Å². The van der Waals surface area contributed by atoms with E-state index in [9.17, 15) is 9.59 Å². The van der Waals surface area contributed by atoms with Crippen LogP contribution < -0.4 is 4.74 Å². The van der Waals surface area contributed by atoms with Crippen molar-refractivity contribution in [3.63, 3.8) is 0 Å². The van der Waals surface area contributed by atoms with Gasteiger partial charge in [0.05, 0.1) is 13.7 Å². The molecular formula is C11H11BrO4. The van der Waals surface area contributed by atoms with Crippen molar-refractivity contribution in [2.24, 2.45) is 0 Å². The number of halogens is 1. The molecule has 0 atom stereocenters. The van der Waals surface area contributed by atoms with Crippen molar-refractivity contribution >= 4 is 27.7 Å². The molecule has 0 N–H and O–H groups in total. The van der Waals surface area contributed by atoms with E-state index in [0.29, 0.717) is 10.2 Å². The second-order valence-electron chi connectivity index (χ2n) is 2.90. The summed E-state index contributed by atoms with van der Waals surface area (Å²) in [7, 11) is 1.52. The molecule has 0 amide bonds. The lowest BCUT2D eigenvalue weighted by Gasteiger charge is -2.05. The van der Waals surface area contributed by atoms with Crippen molar-refractivity contribution in [3.05, 3.63) is 28.2 Å². The second kappa shape index (κ2) is 5.65. The van der Waals surface area contributed by atoms with Gasteiger partial charge in [0.1, 0.15) is 5.75 Å². The number of carbonyl (C=O) groups excluding carboxylic acids is 2. The Morgan fingerprint density at radius 2 is 2.06 bits per heavy atom. The number of methoxy groups -OCH3 is 1. The zero-order valence-corrected chi connectivity index (χ0v) is 10.5. The molecule has 0 fully saturated rings. The van der Waals surface area contributed by atoms with E-state index >= 15 is 0 Å². The highest BCUT2D eigenvalue weighted by Gasteiger charge is 2.20. The molecule has 0 saturated carbocycles. The van der Waals surface area contributed by atoms with Gasteiger partial charge in [0.2, 0.25) is 0 Å². The van der Waals surface area contributed by atoms with E-state index in [0.717, 1.165) is 0 Å². The summed E-state index contributed by atoms with van der Waals surface area (Å²) in [6, 6.07) is 4.74. The van der Waals surface area contributed by atoms with Crippen LogP contribution in [0.3, 0.4) is 0 Å². The zero-order valence-electron chi connectivity index (χ0n) is 8.95. The number of carbonyl (C=O) groups is 2. The average molecular weight is 287 g/mol. The normalized spacial score (nSPS) is 9.69. The molecule has 1 aromatic rings. The summed E-state index contributed by atoms with van der Waals surface area (Å²) in [5, 5.41) is 0. The Hall–Kier alpha value is -1.36. The molecule has 0 unspecified atom stereocenters. The van der Waals surface area contributed by atoms with Crippen LogP contribution in [-0.4, -0.2) is 25.5 Å². The molecular weight excluding hydrogens is 276 g/mol. The van der Waals surface area contributed by atoms with E-state index in [1.807, 2.05) is 0 Å². The summed E-state index contributed by atoms with van der Waals surface area (Å²) in [6.07, 6.45) is 0. The molecule has 0 aromatic heterocycles. The first kappa shape index (κ1) is 12.7. The smallest absolute Gasteiger partial charge is 0.379 e. The summed E-state index contributed by atoms with van der Waals surface area (Å²) < 4.78 is 10.1. The van der Waals surface area contributed by atoms with Crippen LogP contribution >= 0.6 is 15.9 Å². The van der Waals surface area contributed by atoms with Crippen LogP contribution in [0, 0.1) is 0 Å². The molecule has 0 saturated heterocycles. The molecule has 0 heterocycles. The van der Waals surface area contributed by atoms with Crippen molar-refractivity contribution < 1.29 is 19.1 Å². The van der Waals surface area contributed by atoms with Crippen LogP contribution in [0.15, 0.2) is 22.7 Å². The van der Waals surface area contributed by atoms with Crippen LogP contribution in [0.5, 0.6) is 5.75 Å². The van der Waals surface area contributed by atoms with Gasteiger partial charge in [-0.15, -0.1) is 0 Å². The predicted octanol–water partition coefficient (Wildman–Crippen LogP) is 2.20. The molecule has 0 aliphatic heterocycles. The van der Waals surface area contributed by atoms with E-state index in [4.69, 9.17) is 4.74 Å². The van der Waals surface area contributed by atoms with Crippen LogP contribution in [0.25, 0.3) is 0 Å². The van der Waals surface area contributed by atoms with Gasteiger partial charge in [-0.1, -0.05) is 0 Å². The Morgan fingerprint density at radius 3 is 2.56 bits per heavy atom. The largest absolute Gasteiger partial charge is 0.497 e. The van der Waals surface area contributed by atoms with Gasteiger partial charge in [-0.05, 0) is 41.1 Å². The third-order valence-corrected chi connectivity index (χ3v) is 2.54. The molecule has 0 aliphatic rings. The Bertz CT molecular complexity index is 414. The van der Waals surface area contributed by atoms with Crippen LogP contribution in [0.1, 0.15) is 17.3 Å². The molecule has 16 heavy (non-hydrogen) atoms. The maximum Gasteiger partial charge on any atom is 0.379 e. The quantitative estimate of drug-likeness (QED) is 0.484. The Balaban J connectivity index is 2.96. The minimum Gasteiger partial charge on any atom is -0.497 e. The van der Waals surface area contributed by atoms with Gasteiger partial charge in [0.25, 0.3) is 5.78 Å². The van der Waals surface area contributed by atoms with E-state index < -0.39 is 11.8 Å². The van der Waals surface area contributed by atoms with Gasteiger partial charge in [-0.2, -0.15) is 0 Å². The highest BCUT2D eigenvalue weighted by atomic mass is 79.9. The van der Waals surface area contributed by atoms with E-state index in [2.05, 4.69) is 20.7 Å². The predicted molar refractivity (Wildman–Crippen MR) is 61.7 cm³/mol. The number of hydrogen-bond acceptors (Lipinski definition) is 4. The van der Waals surface area contributed by atoms with Crippen LogP contribution in [0.2, 0.25) is 0 Å². The van der Waals surface area contributed by atoms with Gasteiger partial charge >= 0.3 is 5.97 Å². The van der Waals surface area contributed by atoms with Crippen molar-refractivity contribution in [2.75, 3.05) is 13.7 Å². The minimum atomic E-state index is -0.853. The highest BCUT2D eigenvalue weighted by Crippen LogP contribution is 2.23. The lowest BCUT2D eigenvalue weighted by Crippen LogP contribution is -2.17. The van der Waals surface area contributed by atoms with Crippen LogP contribution in [-0.2, 0) is 9.53 Å². The topological polar surface area (TPSA) is 52.6 Å². The zero-order chi connectivity index (χ0) is 12.1. The summed E-state index contributed by atoms with van der Waals surface area (Å²) in [5.41, 5.74) is 0.263. The molecule has 0 radical (unpaired) electrons. The number of Topliss-reactive ketones (excluding diaryl/α,β-unsaturated/α-hetero) is 1. The monoisotopic (exact) mass is 286 g/mol. The molecule has 1 rings (SSSR count). The molecule has 0 spiro atoms. The van der Waals surface area contributed by atoms with Crippen molar-refractivity contribution in [3.8, 4) is 5.75 Å². The third-order valence-electron chi connectivity index (χ3n) is 1.88. The van der Waals surface area contributed by atoms with E-state index in [1.54, 1.807) is 19.1 Å². The fourth-order valence-corrected chi connectivity index (χ4v) is 1.65. The maximum atomic E-state index is 11.6. The number of ketones is 1. The molecule has 5 heteroatoms. The Morgan fingerprint density at radius 1 is 1.38 bits per heavy atom. The second-order valence-corrected chi connectivity index (χ2v) is 3.75.